The van der Waals surface area contributed by atoms with E-state index < -0.39 is 6.10 Å². The zero-order valence-electron chi connectivity index (χ0n) is 9.49. The molecule has 0 aromatic heterocycles. The highest BCUT2D eigenvalue weighted by Gasteiger charge is 2.13. The molecule has 1 aliphatic rings. The van der Waals surface area contributed by atoms with E-state index in [-0.39, 0.29) is 5.91 Å². The smallest absolute Gasteiger partial charge is 0.251 e. The van der Waals surface area contributed by atoms with Crippen LogP contribution in [0.25, 0.3) is 0 Å². The van der Waals surface area contributed by atoms with E-state index in [2.05, 4.69) is 5.32 Å². The van der Waals surface area contributed by atoms with Gasteiger partial charge in [-0.3, -0.25) is 4.79 Å². The highest BCUT2D eigenvalue weighted by atomic mass is 16.3. The molecule has 2 rings (SSSR count). The predicted molar refractivity (Wildman–Crippen MR) is 62.5 cm³/mol. The fourth-order valence-corrected chi connectivity index (χ4v) is 2.06. The van der Waals surface area contributed by atoms with E-state index in [1.165, 1.54) is 17.5 Å². The lowest BCUT2D eigenvalue weighted by atomic mass is 10.1. The summed E-state index contributed by atoms with van der Waals surface area (Å²) in [5, 5.41) is 11.8. The van der Waals surface area contributed by atoms with Gasteiger partial charge >= 0.3 is 0 Å². The van der Waals surface area contributed by atoms with Gasteiger partial charge in [0.1, 0.15) is 0 Å². The standard InChI is InChI=1S/C13H17NO2/c1-9(15)8-14-13(16)12-6-5-10-3-2-4-11(10)7-12/h5-7,9,15H,2-4,8H2,1H3,(H,14,16)/t9-/m1/s1. The Bertz CT molecular complexity index is 399. The summed E-state index contributed by atoms with van der Waals surface area (Å²) in [4.78, 5) is 11.7. The van der Waals surface area contributed by atoms with Crippen molar-refractivity contribution >= 4 is 5.91 Å². The fourth-order valence-electron chi connectivity index (χ4n) is 2.06. The van der Waals surface area contributed by atoms with Crippen molar-refractivity contribution in [3.63, 3.8) is 0 Å². The summed E-state index contributed by atoms with van der Waals surface area (Å²) in [6.07, 6.45) is 2.89. The number of benzene rings is 1. The Morgan fingerprint density at radius 1 is 1.44 bits per heavy atom. The third-order valence-electron chi connectivity index (χ3n) is 2.92. The molecule has 0 unspecified atom stereocenters. The number of aliphatic hydroxyl groups excluding tert-OH is 1. The number of hydrogen-bond donors (Lipinski definition) is 2. The number of amides is 1. The second-order valence-corrected chi connectivity index (χ2v) is 4.40. The molecule has 1 aromatic rings. The van der Waals surface area contributed by atoms with Crippen LogP contribution in [0, 0.1) is 0 Å². The maximum Gasteiger partial charge on any atom is 0.251 e. The SMILES string of the molecule is C[C@@H](O)CNC(=O)c1ccc2c(c1)CCC2. The van der Waals surface area contributed by atoms with Gasteiger partial charge in [-0.05, 0) is 49.4 Å². The summed E-state index contributed by atoms with van der Waals surface area (Å²) in [7, 11) is 0. The normalized spacial score (nSPS) is 15.6. The Labute approximate surface area is 95.5 Å². The van der Waals surface area contributed by atoms with E-state index >= 15 is 0 Å². The monoisotopic (exact) mass is 219 g/mol. The number of nitrogens with one attached hydrogen (secondary N) is 1. The molecule has 2 N–H and O–H groups in total. The lowest BCUT2D eigenvalue weighted by molar-refractivity contribution is 0.0924. The summed E-state index contributed by atoms with van der Waals surface area (Å²) in [5.74, 6) is -0.101. The first-order chi connectivity index (χ1) is 7.66. The van der Waals surface area contributed by atoms with Crippen LogP contribution < -0.4 is 5.32 Å². The molecule has 86 valence electrons. The first-order valence-electron chi connectivity index (χ1n) is 5.75. The molecule has 0 fully saturated rings. The van der Waals surface area contributed by atoms with E-state index in [0.29, 0.717) is 12.1 Å². The Morgan fingerprint density at radius 3 is 2.94 bits per heavy atom. The first-order valence-corrected chi connectivity index (χ1v) is 5.75. The lowest BCUT2D eigenvalue weighted by Gasteiger charge is -2.08. The van der Waals surface area contributed by atoms with Gasteiger partial charge in [-0.1, -0.05) is 6.07 Å². The molecule has 1 aromatic carbocycles. The van der Waals surface area contributed by atoms with Crippen LogP contribution in [0.4, 0.5) is 0 Å². The molecule has 1 aliphatic carbocycles. The highest BCUT2D eigenvalue weighted by molar-refractivity contribution is 5.94. The Kier molecular flexibility index (Phi) is 3.25. The molecule has 3 heteroatoms. The fraction of sp³-hybridized carbons (Fsp3) is 0.462. The highest BCUT2D eigenvalue weighted by Crippen LogP contribution is 2.22. The maximum absolute atomic E-state index is 11.7. The molecule has 1 atom stereocenters. The summed E-state index contributed by atoms with van der Waals surface area (Å²) in [5.41, 5.74) is 3.36. The third-order valence-corrected chi connectivity index (χ3v) is 2.92. The van der Waals surface area contributed by atoms with Gasteiger partial charge in [-0.2, -0.15) is 0 Å². The van der Waals surface area contributed by atoms with E-state index in [1.54, 1.807) is 6.92 Å². The zero-order chi connectivity index (χ0) is 11.5. The van der Waals surface area contributed by atoms with Gasteiger partial charge in [-0.15, -0.1) is 0 Å². The number of rotatable bonds is 3. The van der Waals surface area contributed by atoms with Crippen LogP contribution >= 0.6 is 0 Å². The Morgan fingerprint density at radius 2 is 2.19 bits per heavy atom. The number of hydrogen-bond acceptors (Lipinski definition) is 2. The first kappa shape index (κ1) is 11.1. The summed E-state index contributed by atoms with van der Waals surface area (Å²) in [6.45, 7) is 1.96. The van der Waals surface area contributed by atoms with E-state index in [0.717, 1.165) is 12.8 Å². The minimum atomic E-state index is -0.502. The van der Waals surface area contributed by atoms with Crippen molar-refractivity contribution in [2.75, 3.05) is 6.54 Å². The van der Waals surface area contributed by atoms with Crippen LogP contribution in [0.3, 0.4) is 0 Å². The van der Waals surface area contributed by atoms with Crippen LogP contribution in [-0.2, 0) is 12.8 Å². The van der Waals surface area contributed by atoms with Gasteiger partial charge in [0.05, 0.1) is 6.10 Å². The molecule has 16 heavy (non-hydrogen) atoms. The van der Waals surface area contributed by atoms with Gasteiger partial charge in [0.2, 0.25) is 0 Å². The van der Waals surface area contributed by atoms with Gasteiger partial charge in [0.15, 0.2) is 0 Å². The number of aryl methyl sites for hydroxylation is 2. The minimum absolute atomic E-state index is 0.101. The minimum Gasteiger partial charge on any atom is -0.392 e. The van der Waals surface area contributed by atoms with Gasteiger partial charge < -0.3 is 10.4 Å². The maximum atomic E-state index is 11.7. The van der Waals surface area contributed by atoms with Gasteiger partial charge in [0, 0.05) is 12.1 Å². The van der Waals surface area contributed by atoms with Crippen LogP contribution in [0.15, 0.2) is 18.2 Å². The van der Waals surface area contributed by atoms with E-state index in [1.807, 2.05) is 18.2 Å². The van der Waals surface area contributed by atoms with Gasteiger partial charge in [0.25, 0.3) is 5.91 Å². The Hall–Kier alpha value is -1.35. The second kappa shape index (κ2) is 4.66. The third kappa shape index (κ3) is 2.42. The van der Waals surface area contributed by atoms with Crippen LogP contribution in [0.2, 0.25) is 0 Å². The molecular weight excluding hydrogens is 202 g/mol. The summed E-state index contributed by atoms with van der Waals surface area (Å²) >= 11 is 0. The van der Waals surface area contributed by atoms with Crippen molar-refractivity contribution in [1.82, 2.24) is 5.32 Å². The molecule has 0 radical (unpaired) electrons. The van der Waals surface area contributed by atoms with Crippen LogP contribution in [0.1, 0.15) is 34.8 Å². The second-order valence-electron chi connectivity index (χ2n) is 4.40. The largest absolute Gasteiger partial charge is 0.392 e. The van der Waals surface area contributed by atoms with E-state index in [4.69, 9.17) is 5.11 Å². The van der Waals surface area contributed by atoms with Crippen molar-refractivity contribution in [3.05, 3.63) is 34.9 Å². The van der Waals surface area contributed by atoms with Crippen molar-refractivity contribution in [1.29, 1.82) is 0 Å². The van der Waals surface area contributed by atoms with Crippen molar-refractivity contribution in [2.24, 2.45) is 0 Å². The molecule has 0 saturated heterocycles. The summed E-state index contributed by atoms with van der Waals surface area (Å²) < 4.78 is 0. The molecular formula is C13H17NO2. The number of fused-ring (bicyclic) bond motifs is 1. The Balaban J connectivity index is 2.06. The molecule has 0 spiro atoms. The van der Waals surface area contributed by atoms with E-state index in [9.17, 15) is 4.79 Å². The van der Waals surface area contributed by atoms with Crippen molar-refractivity contribution in [3.8, 4) is 0 Å². The molecule has 0 bridgehead atoms. The van der Waals surface area contributed by atoms with Gasteiger partial charge in [-0.25, -0.2) is 0 Å². The molecule has 0 saturated carbocycles. The zero-order valence-corrected chi connectivity index (χ0v) is 9.49. The average Bonchev–Trinajstić information content (AvgIpc) is 2.72. The van der Waals surface area contributed by atoms with Crippen molar-refractivity contribution in [2.45, 2.75) is 32.3 Å². The number of carbonyl (C=O) groups is 1. The van der Waals surface area contributed by atoms with Crippen LogP contribution in [0.5, 0.6) is 0 Å². The topological polar surface area (TPSA) is 49.3 Å². The molecule has 1 amide bonds. The quantitative estimate of drug-likeness (QED) is 0.804. The average molecular weight is 219 g/mol. The number of carbonyl (C=O) groups excluding carboxylic acids is 1. The molecule has 0 aliphatic heterocycles. The predicted octanol–water partition coefficient (Wildman–Crippen LogP) is 1.29. The molecule has 3 nitrogen and oxygen atoms in total. The molecule has 0 heterocycles. The lowest BCUT2D eigenvalue weighted by Crippen LogP contribution is -2.30. The van der Waals surface area contributed by atoms with Crippen LogP contribution in [-0.4, -0.2) is 23.7 Å². The van der Waals surface area contributed by atoms with Crippen molar-refractivity contribution < 1.29 is 9.90 Å². The summed E-state index contributed by atoms with van der Waals surface area (Å²) in [6, 6.07) is 5.88. The number of aliphatic hydroxyl groups is 1.